The van der Waals surface area contributed by atoms with Crippen LogP contribution in [0.4, 0.5) is 0 Å². The summed E-state index contributed by atoms with van der Waals surface area (Å²) in [6.45, 7) is 4.70. The Bertz CT molecular complexity index is 3280. The average Bonchev–Trinajstić information content (AvgIpc) is 3.72. The van der Waals surface area contributed by atoms with E-state index < -0.39 is 0 Å². The third-order valence-electron chi connectivity index (χ3n) is 11.4. The van der Waals surface area contributed by atoms with Crippen molar-refractivity contribution < 1.29 is 6.85 Å². The summed E-state index contributed by atoms with van der Waals surface area (Å²) < 4.78 is 45.1. The molecular formula is C51H35N. The fourth-order valence-corrected chi connectivity index (χ4v) is 9.14. The number of hydrogen-bond acceptors (Lipinski definition) is 0. The molecule has 52 heavy (non-hydrogen) atoms. The lowest BCUT2D eigenvalue weighted by atomic mass is 9.80. The second-order valence-electron chi connectivity index (χ2n) is 14.5. The molecule has 1 nitrogen and oxygen atoms in total. The summed E-state index contributed by atoms with van der Waals surface area (Å²) in [5.41, 5.74) is 12.6. The predicted octanol–water partition coefficient (Wildman–Crippen LogP) is 13.8. The number of nitrogens with zero attached hydrogens (tertiary/aromatic N) is 1. The van der Waals surface area contributed by atoms with Crippen molar-refractivity contribution >= 4 is 43.2 Å². The Morgan fingerprint density at radius 2 is 1.08 bits per heavy atom. The first-order chi connectivity index (χ1) is 27.6. The first kappa shape index (κ1) is 24.7. The van der Waals surface area contributed by atoms with Gasteiger partial charge in [-0.15, -0.1) is 0 Å². The van der Waals surface area contributed by atoms with E-state index >= 15 is 0 Å². The van der Waals surface area contributed by atoms with Crippen molar-refractivity contribution in [2.24, 2.45) is 0 Å². The van der Waals surface area contributed by atoms with Crippen LogP contribution in [-0.4, -0.2) is 4.57 Å². The van der Waals surface area contributed by atoms with E-state index in [1.807, 2.05) is 24.3 Å². The maximum Gasteiger partial charge on any atom is 0.0629 e. The molecule has 0 fully saturated rings. The molecule has 0 unspecified atom stereocenters. The molecule has 244 valence electrons. The number of benzene rings is 9. The van der Waals surface area contributed by atoms with Gasteiger partial charge in [0.15, 0.2) is 0 Å². The first-order valence-corrected chi connectivity index (χ1v) is 17.9. The van der Waals surface area contributed by atoms with Gasteiger partial charge in [-0.25, -0.2) is 0 Å². The van der Waals surface area contributed by atoms with Gasteiger partial charge in [-0.2, -0.15) is 0 Å². The van der Waals surface area contributed by atoms with Crippen molar-refractivity contribution in [3.05, 3.63) is 187 Å². The van der Waals surface area contributed by atoms with Crippen LogP contribution in [-0.2, 0) is 5.41 Å². The maximum absolute atomic E-state index is 8.81. The molecule has 0 spiro atoms. The Labute approximate surface area is 310 Å². The van der Waals surface area contributed by atoms with Gasteiger partial charge in [0.05, 0.1) is 18.1 Å². The number of hydrogen-bond donors (Lipinski definition) is 0. The van der Waals surface area contributed by atoms with Gasteiger partial charge in [0.2, 0.25) is 0 Å². The summed E-state index contributed by atoms with van der Waals surface area (Å²) >= 11 is 0. The first-order valence-electron chi connectivity index (χ1n) is 20.4. The molecule has 9 aromatic carbocycles. The van der Waals surface area contributed by atoms with Crippen LogP contribution in [0.5, 0.6) is 0 Å². The van der Waals surface area contributed by atoms with Crippen LogP contribution in [0.2, 0.25) is 0 Å². The largest absolute Gasteiger partial charge is 0.309 e. The monoisotopic (exact) mass is 666 g/mol. The van der Waals surface area contributed by atoms with Gasteiger partial charge in [0, 0.05) is 22.1 Å². The van der Waals surface area contributed by atoms with Crippen molar-refractivity contribution in [3.63, 3.8) is 0 Å². The van der Waals surface area contributed by atoms with E-state index in [1.165, 1.54) is 38.9 Å². The van der Waals surface area contributed by atoms with E-state index in [1.54, 1.807) is 0 Å². The molecule has 1 heteroatoms. The third kappa shape index (κ3) is 3.99. The summed E-state index contributed by atoms with van der Waals surface area (Å²) in [4.78, 5) is 0. The van der Waals surface area contributed by atoms with E-state index in [4.69, 9.17) is 6.85 Å². The minimum atomic E-state index is -0.388. The highest BCUT2D eigenvalue weighted by molar-refractivity contribution is 6.28. The third-order valence-corrected chi connectivity index (χ3v) is 11.4. The lowest BCUT2D eigenvalue weighted by Gasteiger charge is -2.23. The van der Waals surface area contributed by atoms with E-state index in [2.05, 4.69) is 140 Å². The summed E-state index contributed by atoms with van der Waals surface area (Å²) in [6.07, 6.45) is 0. The van der Waals surface area contributed by atoms with Crippen LogP contribution >= 0.6 is 0 Å². The molecule has 1 heterocycles. The van der Waals surface area contributed by atoms with Gasteiger partial charge in [0.25, 0.3) is 0 Å². The second-order valence-corrected chi connectivity index (χ2v) is 14.5. The average molecular weight is 667 g/mol. The number of fused-ring (bicyclic) bond motifs is 5. The smallest absolute Gasteiger partial charge is 0.0629 e. The summed E-state index contributed by atoms with van der Waals surface area (Å²) in [6, 6.07) is 50.4. The van der Waals surface area contributed by atoms with Crippen LogP contribution in [0.1, 0.15) is 31.8 Å². The van der Waals surface area contributed by atoms with Crippen molar-refractivity contribution in [2.45, 2.75) is 19.3 Å². The van der Waals surface area contributed by atoms with E-state index in [9.17, 15) is 0 Å². The normalized spacial score (nSPS) is 14.7. The molecule has 0 bridgehead atoms. The zero-order chi connectivity index (χ0) is 38.9. The molecular weight excluding hydrogens is 627 g/mol. The van der Waals surface area contributed by atoms with Crippen LogP contribution in [0, 0.1) is 0 Å². The SMILES string of the molecule is [2H]c1c([2H])c([2H])c(-c2ccc3ccc4c(-c5cccc6c5c5c(n6-c6ccc(-c7ccccc7)cc6)-c6ccccc6C5(C)C)ccc5ccc2c3c54)c([2H])c1[2H]. The number of rotatable bonds is 4. The molecule has 1 aliphatic rings. The predicted molar refractivity (Wildman–Crippen MR) is 221 cm³/mol. The van der Waals surface area contributed by atoms with Gasteiger partial charge in [-0.1, -0.05) is 171 Å². The van der Waals surface area contributed by atoms with Crippen molar-refractivity contribution in [2.75, 3.05) is 0 Å². The molecule has 0 radical (unpaired) electrons. The van der Waals surface area contributed by atoms with Gasteiger partial charge >= 0.3 is 0 Å². The molecule has 1 aromatic heterocycles. The summed E-state index contributed by atoms with van der Waals surface area (Å²) in [5, 5.41) is 7.46. The highest BCUT2D eigenvalue weighted by atomic mass is 15.0. The fraction of sp³-hybridized carbons (Fsp3) is 0.0588. The molecule has 11 rings (SSSR count). The van der Waals surface area contributed by atoms with Gasteiger partial charge in [-0.3, -0.25) is 0 Å². The van der Waals surface area contributed by atoms with E-state index in [0.717, 1.165) is 54.6 Å². The lowest BCUT2D eigenvalue weighted by molar-refractivity contribution is 0.666. The zero-order valence-electron chi connectivity index (χ0n) is 33.8. The van der Waals surface area contributed by atoms with E-state index in [-0.39, 0.29) is 41.2 Å². The Morgan fingerprint density at radius 3 is 1.83 bits per heavy atom. The second kappa shape index (κ2) is 10.8. The van der Waals surface area contributed by atoms with Crippen molar-refractivity contribution in [1.29, 1.82) is 0 Å². The van der Waals surface area contributed by atoms with Crippen LogP contribution < -0.4 is 0 Å². The molecule has 10 aromatic rings. The zero-order valence-corrected chi connectivity index (χ0v) is 28.8. The van der Waals surface area contributed by atoms with Gasteiger partial charge in [-0.05, 0) is 95.0 Å². The van der Waals surface area contributed by atoms with Crippen LogP contribution in [0.15, 0.2) is 176 Å². The maximum atomic E-state index is 8.81. The molecule has 1 aliphatic carbocycles. The van der Waals surface area contributed by atoms with Gasteiger partial charge < -0.3 is 4.57 Å². The van der Waals surface area contributed by atoms with Crippen LogP contribution in [0.25, 0.3) is 93.5 Å². The van der Waals surface area contributed by atoms with Gasteiger partial charge in [0.1, 0.15) is 0 Å². The summed E-state index contributed by atoms with van der Waals surface area (Å²) in [5.74, 6) is 0. The molecule has 0 N–H and O–H groups in total. The molecule has 0 aliphatic heterocycles. The summed E-state index contributed by atoms with van der Waals surface area (Å²) in [7, 11) is 0. The standard InChI is InChI=1S/C51H35N/c1-51(2)44-18-10-9-16-43(44)50-49(51)48-40(17-11-19-45(48)52(50)37-26-20-33(21-27-37)32-12-5-3-6-13-32)39-29-23-36-24-30-41-38(34-14-7-4-8-15-34)28-22-35-25-31-42(39)47(36)46(35)41/h3-31H,1-2H3/i4D,7D,8D,14D,15D. The minimum absolute atomic E-state index is 0.194. The molecule has 0 saturated carbocycles. The van der Waals surface area contributed by atoms with Crippen LogP contribution in [0.3, 0.4) is 0 Å². The molecule has 0 saturated heterocycles. The van der Waals surface area contributed by atoms with Crippen molar-refractivity contribution in [1.82, 2.24) is 4.57 Å². The quantitative estimate of drug-likeness (QED) is 0.165. The topological polar surface area (TPSA) is 4.93 Å². The van der Waals surface area contributed by atoms with E-state index in [0.29, 0.717) is 5.56 Å². The Morgan fingerprint density at radius 1 is 0.462 bits per heavy atom. The lowest BCUT2D eigenvalue weighted by Crippen LogP contribution is -2.15. The highest BCUT2D eigenvalue weighted by Gasteiger charge is 2.41. The highest BCUT2D eigenvalue weighted by Crippen LogP contribution is 2.56. The Hall–Kier alpha value is -6.44. The number of aromatic nitrogens is 1. The van der Waals surface area contributed by atoms with Crippen molar-refractivity contribution in [3.8, 4) is 50.3 Å². The Balaban J connectivity index is 1.20. The molecule has 0 atom stereocenters. The Kier molecular flexibility index (Phi) is 5.11. The molecule has 0 amide bonds. The minimum Gasteiger partial charge on any atom is -0.309 e. The fourth-order valence-electron chi connectivity index (χ4n) is 9.14.